The van der Waals surface area contributed by atoms with Gasteiger partial charge in [-0.25, -0.2) is 0 Å². The maximum absolute atomic E-state index is 13.2. The van der Waals surface area contributed by atoms with Crippen molar-refractivity contribution in [1.29, 1.82) is 0 Å². The number of allylic oxidation sites excluding steroid dienone is 1. The topological polar surface area (TPSA) is 76.7 Å². The molecule has 27 heavy (non-hydrogen) atoms. The summed E-state index contributed by atoms with van der Waals surface area (Å²) in [7, 11) is 1.58. The van der Waals surface area contributed by atoms with E-state index < -0.39 is 5.41 Å². The molecule has 1 N–H and O–H groups in total. The molecule has 1 aromatic carbocycles. The summed E-state index contributed by atoms with van der Waals surface area (Å²) in [5.74, 6) is 0.928. The van der Waals surface area contributed by atoms with Crippen molar-refractivity contribution in [2.75, 3.05) is 7.11 Å². The molecular formula is C22H24O5. The van der Waals surface area contributed by atoms with E-state index in [0.717, 1.165) is 0 Å². The van der Waals surface area contributed by atoms with E-state index in [0.29, 0.717) is 41.9 Å². The summed E-state index contributed by atoms with van der Waals surface area (Å²) >= 11 is 0. The number of hydrogen-bond acceptors (Lipinski definition) is 5. The van der Waals surface area contributed by atoms with Crippen molar-refractivity contribution >= 4 is 11.5 Å². The Balaban J connectivity index is 2.31. The number of fused-ring (bicyclic) bond motifs is 1. The predicted molar refractivity (Wildman–Crippen MR) is 104 cm³/mol. The fourth-order valence-electron chi connectivity index (χ4n) is 3.82. The van der Waals surface area contributed by atoms with Crippen LogP contribution in [0, 0.1) is 0 Å². The second kappa shape index (κ2) is 7.06. The molecule has 1 heterocycles. The number of carbonyl (C=O) groups is 1. The molecule has 5 nitrogen and oxygen atoms in total. The van der Waals surface area contributed by atoms with E-state index in [1.807, 2.05) is 13.8 Å². The number of carbonyl (C=O) groups excluding carboxylic acids is 1. The summed E-state index contributed by atoms with van der Waals surface area (Å²) in [6.07, 6.45) is 1.34. The van der Waals surface area contributed by atoms with Crippen LogP contribution >= 0.6 is 0 Å². The lowest BCUT2D eigenvalue weighted by molar-refractivity contribution is -0.122. The van der Waals surface area contributed by atoms with Gasteiger partial charge in [-0.15, -0.1) is 0 Å². The van der Waals surface area contributed by atoms with Crippen molar-refractivity contribution < 1.29 is 19.1 Å². The third-order valence-electron chi connectivity index (χ3n) is 5.55. The third kappa shape index (κ3) is 2.78. The van der Waals surface area contributed by atoms with Gasteiger partial charge in [-0.3, -0.25) is 9.59 Å². The van der Waals surface area contributed by atoms with Crippen LogP contribution in [0.4, 0.5) is 0 Å². The molecule has 0 spiro atoms. The molecular weight excluding hydrogens is 344 g/mol. The highest BCUT2D eigenvalue weighted by Gasteiger charge is 2.48. The lowest BCUT2D eigenvalue weighted by Crippen LogP contribution is -2.41. The van der Waals surface area contributed by atoms with Crippen LogP contribution in [0.5, 0.6) is 5.75 Å². The highest BCUT2D eigenvalue weighted by molar-refractivity contribution is 6.10. The van der Waals surface area contributed by atoms with Crippen molar-refractivity contribution in [2.45, 2.75) is 45.4 Å². The number of rotatable bonds is 5. The van der Waals surface area contributed by atoms with Gasteiger partial charge in [-0.1, -0.05) is 20.8 Å². The Labute approximate surface area is 158 Å². The molecule has 5 heteroatoms. The van der Waals surface area contributed by atoms with Crippen LogP contribution < -0.4 is 10.2 Å². The molecule has 1 aromatic heterocycles. The largest absolute Gasteiger partial charge is 0.507 e. The van der Waals surface area contributed by atoms with E-state index in [9.17, 15) is 14.7 Å². The van der Waals surface area contributed by atoms with Crippen LogP contribution in [0.2, 0.25) is 0 Å². The SMILES string of the molecule is CCC1=C(O)c2c(oc(-c3ccc(OC)cc3)cc2=O)C(CC)(CC)C1=O. The van der Waals surface area contributed by atoms with E-state index in [1.165, 1.54) is 6.07 Å². The molecule has 0 radical (unpaired) electrons. The summed E-state index contributed by atoms with van der Waals surface area (Å²) in [5, 5.41) is 10.6. The number of aliphatic hydroxyl groups excluding tert-OH is 1. The van der Waals surface area contributed by atoms with E-state index in [1.54, 1.807) is 38.3 Å². The molecule has 1 aliphatic rings. The van der Waals surface area contributed by atoms with Crippen LogP contribution in [0.3, 0.4) is 0 Å². The molecule has 0 saturated heterocycles. The molecule has 0 amide bonds. The van der Waals surface area contributed by atoms with Crippen molar-refractivity contribution in [1.82, 2.24) is 0 Å². The van der Waals surface area contributed by atoms with Gasteiger partial charge in [0.1, 0.15) is 28.6 Å². The van der Waals surface area contributed by atoms with Gasteiger partial charge in [0.25, 0.3) is 0 Å². The van der Waals surface area contributed by atoms with Crippen LogP contribution in [0.15, 0.2) is 45.1 Å². The van der Waals surface area contributed by atoms with Gasteiger partial charge in [-0.2, -0.15) is 0 Å². The molecule has 142 valence electrons. The number of Topliss-reactive ketones (excluding diaryl/α,β-unsaturated/α-hetero) is 1. The van der Waals surface area contributed by atoms with Crippen LogP contribution in [0.1, 0.15) is 51.4 Å². The summed E-state index contributed by atoms with van der Waals surface area (Å²) < 4.78 is 11.3. The number of benzene rings is 1. The monoisotopic (exact) mass is 368 g/mol. The van der Waals surface area contributed by atoms with E-state index in [4.69, 9.17) is 9.15 Å². The zero-order valence-corrected chi connectivity index (χ0v) is 16.1. The first-order chi connectivity index (χ1) is 12.9. The van der Waals surface area contributed by atoms with Gasteiger partial charge in [-0.05, 0) is 43.5 Å². The minimum atomic E-state index is -0.936. The Morgan fingerprint density at radius 3 is 2.22 bits per heavy atom. The first-order valence-corrected chi connectivity index (χ1v) is 9.23. The zero-order valence-electron chi connectivity index (χ0n) is 16.1. The van der Waals surface area contributed by atoms with E-state index in [-0.39, 0.29) is 28.3 Å². The van der Waals surface area contributed by atoms with Gasteiger partial charge < -0.3 is 14.3 Å². The number of methoxy groups -OCH3 is 1. The maximum Gasteiger partial charge on any atom is 0.196 e. The lowest BCUT2D eigenvalue weighted by atomic mass is 9.68. The van der Waals surface area contributed by atoms with Crippen LogP contribution in [0.25, 0.3) is 17.1 Å². The zero-order chi connectivity index (χ0) is 19.8. The van der Waals surface area contributed by atoms with Crippen molar-refractivity contribution in [2.24, 2.45) is 0 Å². The standard InChI is InChI=1S/C22H24O5/c1-5-15-19(24)18-16(23)12-17(13-8-10-14(26-4)11-9-13)27-21(18)22(6-2,7-3)20(15)25/h8-12,24H,5-7H2,1-4H3. The molecule has 0 atom stereocenters. The highest BCUT2D eigenvalue weighted by Crippen LogP contribution is 2.44. The molecule has 0 bridgehead atoms. The van der Waals surface area contributed by atoms with Crippen LogP contribution in [-0.2, 0) is 10.2 Å². The Morgan fingerprint density at radius 1 is 1.07 bits per heavy atom. The summed E-state index contributed by atoms with van der Waals surface area (Å²) in [6, 6.07) is 8.51. The number of ether oxygens (including phenoxy) is 1. The fraction of sp³-hybridized carbons (Fsp3) is 0.364. The van der Waals surface area contributed by atoms with E-state index in [2.05, 4.69) is 0 Å². The van der Waals surface area contributed by atoms with Gasteiger partial charge in [0.2, 0.25) is 0 Å². The normalized spacial score (nSPS) is 15.6. The quantitative estimate of drug-likeness (QED) is 0.832. The average Bonchev–Trinajstić information content (AvgIpc) is 2.69. The second-order valence-corrected chi connectivity index (χ2v) is 6.71. The summed E-state index contributed by atoms with van der Waals surface area (Å²) in [5.41, 5.74) is -0.157. The average molecular weight is 368 g/mol. The Morgan fingerprint density at radius 2 is 1.70 bits per heavy atom. The first-order valence-electron chi connectivity index (χ1n) is 9.23. The Kier molecular flexibility index (Phi) is 4.96. The minimum absolute atomic E-state index is 0.118. The van der Waals surface area contributed by atoms with Gasteiger partial charge in [0, 0.05) is 17.2 Å². The van der Waals surface area contributed by atoms with Crippen LogP contribution in [-0.4, -0.2) is 18.0 Å². The lowest BCUT2D eigenvalue weighted by Gasteiger charge is -2.35. The molecule has 3 rings (SSSR count). The minimum Gasteiger partial charge on any atom is -0.507 e. The maximum atomic E-state index is 13.2. The fourth-order valence-corrected chi connectivity index (χ4v) is 3.82. The molecule has 0 saturated carbocycles. The highest BCUT2D eigenvalue weighted by atomic mass is 16.5. The third-order valence-corrected chi connectivity index (χ3v) is 5.55. The molecule has 1 aliphatic carbocycles. The van der Waals surface area contributed by atoms with Gasteiger partial charge in [0.05, 0.1) is 12.5 Å². The molecule has 0 aliphatic heterocycles. The second-order valence-electron chi connectivity index (χ2n) is 6.71. The van der Waals surface area contributed by atoms with Crippen molar-refractivity contribution in [3.8, 4) is 17.1 Å². The predicted octanol–water partition coefficient (Wildman–Crippen LogP) is 4.64. The molecule has 2 aromatic rings. The number of aliphatic hydroxyl groups is 1. The van der Waals surface area contributed by atoms with Crippen molar-refractivity contribution in [3.63, 3.8) is 0 Å². The first kappa shape index (κ1) is 19.0. The Hall–Kier alpha value is -2.82. The smallest absolute Gasteiger partial charge is 0.196 e. The number of ketones is 1. The van der Waals surface area contributed by atoms with Crippen molar-refractivity contribution in [3.05, 3.63) is 57.5 Å². The van der Waals surface area contributed by atoms with E-state index >= 15 is 0 Å². The summed E-state index contributed by atoms with van der Waals surface area (Å²) in [4.78, 5) is 26.0. The van der Waals surface area contributed by atoms with Gasteiger partial charge >= 0.3 is 0 Å². The summed E-state index contributed by atoms with van der Waals surface area (Å²) in [6.45, 7) is 5.61. The molecule has 0 unspecified atom stereocenters. The Bertz CT molecular complexity index is 959. The van der Waals surface area contributed by atoms with Gasteiger partial charge in [0.15, 0.2) is 11.2 Å². The number of hydrogen-bond donors (Lipinski definition) is 1. The molecule has 0 fully saturated rings.